The lowest BCUT2D eigenvalue weighted by molar-refractivity contribution is -0.385. The van der Waals surface area contributed by atoms with Crippen molar-refractivity contribution in [3.63, 3.8) is 0 Å². The van der Waals surface area contributed by atoms with Gasteiger partial charge in [-0.2, -0.15) is 11.8 Å². The molecule has 1 aromatic carbocycles. The van der Waals surface area contributed by atoms with E-state index in [1.54, 1.807) is 12.1 Å². The van der Waals surface area contributed by atoms with Crippen LogP contribution in [0.1, 0.15) is 13.8 Å². The summed E-state index contributed by atoms with van der Waals surface area (Å²) in [5.74, 6) is 1.94. The monoisotopic (exact) mass is 284 g/mol. The summed E-state index contributed by atoms with van der Waals surface area (Å²) in [6.07, 6.45) is 2.08. The predicted molar refractivity (Wildman–Crippen MR) is 80.3 cm³/mol. The van der Waals surface area contributed by atoms with E-state index in [1.807, 2.05) is 18.7 Å². The van der Waals surface area contributed by atoms with Gasteiger partial charge in [0.15, 0.2) is 5.75 Å². The quantitative estimate of drug-likeness (QED) is 0.585. The molecule has 0 aromatic heterocycles. The number of hydrogen-bond acceptors (Lipinski definition) is 5. The summed E-state index contributed by atoms with van der Waals surface area (Å²) in [5.41, 5.74) is 0.853. The van der Waals surface area contributed by atoms with E-state index in [1.165, 1.54) is 6.07 Å². The molecule has 1 N–H and O–H groups in total. The third-order valence-electron chi connectivity index (χ3n) is 2.56. The summed E-state index contributed by atoms with van der Waals surface area (Å²) in [7, 11) is 0. The lowest BCUT2D eigenvalue weighted by Gasteiger charge is -2.13. The normalized spacial score (nSPS) is 11.9. The molecule has 1 atom stereocenters. The molecule has 1 rings (SSSR count). The Bertz CT molecular complexity index is 426. The first-order valence-corrected chi connectivity index (χ1v) is 7.61. The fourth-order valence-electron chi connectivity index (χ4n) is 1.68. The van der Waals surface area contributed by atoms with Gasteiger partial charge < -0.3 is 10.1 Å². The summed E-state index contributed by atoms with van der Waals surface area (Å²) < 4.78 is 5.31. The number of benzene rings is 1. The number of hydrogen-bond donors (Lipinski definition) is 1. The molecule has 0 aliphatic heterocycles. The highest BCUT2D eigenvalue weighted by molar-refractivity contribution is 7.98. The Kier molecular flexibility index (Phi) is 6.49. The number of anilines is 1. The first kappa shape index (κ1) is 15.6. The SMILES string of the molecule is CCOc1cc(NCC(C)CSC)ccc1[N+](=O)[O-]. The second-order valence-electron chi connectivity index (χ2n) is 4.31. The van der Waals surface area contributed by atoms with E-state index in [9.17, 15) is 10.1 Å². The fraction of sp³-hybridized carbons (Fsp3) is 0.538. The van der Waals surface area contributed by atoms with Crippen molar-refractivity contribution in [1.29, 1.82) is 0 Å². The standard InChI is InChI=1S/C13H20N2O3S/c1-4-18-13-7-11(5-6-12(13)15(16)17)14-8-10(2)9-19-3/h5-7,10,14H,4,8-9H2,1-3H3. The number of ether oxygens (including phenoxy) is 1. The molecule has 0 radical (unpaired) electrons. The number of thioether (sulfide) groups is 1. The van der Waals surface area contributed by atoms with Gasteiger partial charge in [0.1, 0.15) is 0 Å². The third kappa shape index (κ3) is 4.98. The maximum atomic E-state index is 10.9. The van der Waals surface area contributed by atoms with Crippen molar-refractivity contribution in [1.82, 2.24) is 0 Å². The summed E-state index contributed by atoms with van der Waals surface area (Å²) >= 11 is 1.81. The van der Waals surface area contributed by atoms with Gasteiger partial charge in [0.2, 0.25) is 0 Å². The van der Waals surface area contributed by atoms with Crippen molar-refractivity contribution in [3.05, 3.63) is 28.3 Å². The maximum Gasteiger partial charge on any atom is 0.311 e. The molecule has 0 heterocycles. The molecule has 6 heteroatoms. The van der Waals surface area contributed by atoms with Crippen LogP contribution in [0, 0.1) is 16.0 Å². The average Bonchev–Trinajstić information content (AvgIpc) is 2.37. The van der Waals surface area contributed by atoms with E-state index in [0.29, 0.717) is 18.3 Å². The Balaban J connectivity index is 2.75. The Labute approximate surface area is 117 Å². The highest BCUT2D eigenvalue weighted by atomic mass is 32.2. The Morgan fingerprint density at radius 2 is 2.26 bits per heavy atom. The van der Waals surface area contributed by atoms with E-state index in [2.05, 4.69) is 18.5 Å². The highest BCUT2D eigenvalue weighted by Crippen LogP contribution is 2.30. The third-order valence-corrected chi connectivity index (χ3v) is 3.46. The van der Waals surface area contributed by atoms with Gasteiger partial charge in [0.05, 0.1) is 11.5 Å². The minimum absolute atomic E-state index is 0.00422. The van der Waals surface area contributed by atoms with Gasteiger partial charge in [-0.25, -0.2) is 0 Å². The van der Waals surface area contributed by atoms with Crippen LogP contribution in [0.4, 0.5) is 11.4 Å². The molecule has 0 amide bonds. The van der Waals surface area contributed by atoms with Crippen molar-refractivity contribution in [2.75, 3.05) is 30.5 Å². The van der Waals surface area contributed by atoms with E-state index in [4.69, 9.17) is 4.74 Å². The number of nitrogens with one attached hydrogen (secondary N) is 1. The fourth-order valence-corrected chi connectivity index (χ4v) is 2.37. The lowest BCUT2D eigenvalue weighted by Crippen LogP contribution is -2.13. The maximum absolute atomic E-state index is 10.9. The lowest BCUT2D eigenvalue weighted by atomic mass is 10.2. The first-order valence-electron chi connectivity index (χ1n) is 6.22. The van der Waals surface area contributed by atoms with Gasteiger partial charge in [-0.3, -0.25) is 10.1 Å². The van der Waals surface area contributed by atoms with Crippen LogP contribution in [0.5, 0.6) is 5.75 Å². The van der Waals surface area contributed by atoms with Gasteiger partial charge in [-0.1, -0.05) is 6.92 Å². The van der Waals surface area contributed by atoms with E-state index in [0.717, 1.165) is 18.0 Å². The van der Waals surface area contributed by atoms with Crippen LogP contribution in [-0.4, -0.2) is 30.1 Å². The number of rotatable bonds is 8. The second-order valence-corrected chi connectivity index (χ2v) is 5.22. The molecule has 19 heavy (non-hydrogen) atoms. The summed E-state index contributed by atoms with van der Waals surface area (Å²) in [4.78, 5) is 10.4. The van der Waals surface area contributed by atoms with Gasteiger partial charge in [-0.05, 0) is 30.9 Å². The number of nitro benzene ring substituents is 1. The van der Waals surface area contributed by atoms with Crippen LogP contribution >= 0.6 is 11.8 Å². The smallest absolute Gasteiger partial charge is 0.311 e. The zero-order valence-corrected chi connectivity index (χ0v) is 12.3. The van der Waals surface area contributed by atoms with Crippen LogP contribution in [-0.2, 0) is 0 Å². The van der Waals surface area contributed by atoms with Gasteiger partial charge in [0.25, 0.3) is 0 Å². The molecule has 106 valence electrons. The van der Waals surface area contributed by atoms with Crippen LogP contribution < -0.4 is 10.1 Å². The number of nitrogens with zero attached hydrogens (tertiary/aromatic N) is 1. The Hall–Kier alpha value is -1.43. The van der Waals surface area contributed by atoms with Crippen LogP contribution in [0.3, 0.4) is 0 Å². The van der Waals surface area contributed by atoms with E-state index < -0.39 is 4.92 Å². The van der Waals surface area contributed by atoms with Crippen LogP contribution in [0.2, 0.25) is 0 Å². The average molecular weight is 284 g/mol. The molecule has 0 saturated heterocycles. The minimum atomic E-state index is -0.425. The van der Waals surface area contributed by atoms with Gasteiger partial charge in [-0.15, -0.1) is 0 Å². The molecule has 0 aliphatic rings. The van der Waals surface area contributed by atoms with Gasteiger partial charge in [0, 0.05) is 24.4 Å². The zero-order valence-electron chi connectivity index (χ0n) is 11.5. The zero-order chi connectivity index (χ0) is 14.3. The molecule has 0 fully saturated rings. The predicted octanol–water partition coefficient (Wildman–Crippen LogP) is 3.40. The van der Waals surface area contributed by atoms with Crippen molar-refractivity contribution < 1.29 is 9.66 Å². The van der Waals surface area contributed by atoms with Crippen molar-refractivity contribution >= 4 is 23.1 Å². The molecule has 1 aromatic rings. The van der Waals surface area contributed by atoms with Crippen molar-refractivity contribution in [2.45, 2.75) is 13.8 Å². The van der Waals surface area contributed by atoms with Gasteiger partial charge >= 0.3 is 5.69 Å². The Morgan fingerprint density at radius 1 is 1.53 bits per heavy atom. The Morgan fingerprint density at radius 3 is 2.84 bits per heavy atom. The van der Waals surface area contributed by atoms with Crippen LogP contribution in [0.25, 0.3) is 0 Å². The molecule has 1 unspecified atom stereocenters. The van der Waals surface area contributed by atoms with Crippen molar-refractivity contribution in [3.8, 4) is 5.75 Å². The largest absolute Gasteiger partial charge is 0.487 e. The molecule has 5 nitrogen and oxygen atoms in total. The molecular formula is C13H20N2O3S. The van der Waals surface area contributed by atoms with Crippen molar-refractivity contribution in [2.24, 2.45) is 5.92 Å². The van der Waals surface area contributed by atoms with E-state index in [-0.39, 0.29) is 5.69 Å². The molecular weight excluding hydrogens is 264 g/mol. The second kappa shape index (κ2) is 7.89. The molecule has 0 bridgehead atoms. The molecule has 0 saturated carbocycles. The number of nitro groups is 1. The summed E-state index contributed by atoms with van der Waals surface area (Å²) in [6.45, 7) is 5.22. The van der Waals surface area contributed by atoms with Crippen LogP contribution in [0.15, 0.2) is 18.2 Å². The topological polar surface area (TPSA) is 64.4 Å². The summed E-state index contributed by atoms with van der Waals surface area (Å²) in [5, 5.41) is 14.1. The molecule has 0 aliphatic carbocycles. The van der Waals surface area contributed by atoms with E-state index >= 15 is 0 Å². The highest BCUT2D eigenvalue weighted by Gasteiger charge is 2.15. The summed E-state index contributed by atoms with van der Waals surface area (Å²) in [6, 6.07) is 4.88. The molecule has 0 spiro atoms. The minimum Gasteiger partial charge on any atom is -0.487 e. The first-order chi connectivity index (χ1) is 9.08.